The van der Waals surface area contributed by atoms with E-state index in [1.807, 2.05) is 0 Å². The first-order chi connectivity index (χ1) is 10.8. The van der Waals surface area contributed by atoms with Crippen LogP contribution in [-0.2, 0) is 10.0 Å². The predicted octanol–water partition coefficient (Wildman–Crippen LogP) is 1.36. The Morgan fingerprint density at radius 1 is 1.17 bits per heavy atom. The summed E-state index contributed by atoms with van der Waals surface area (Å²) in [6.45, 7) is 0. The molecule has 0 aliphatic heterocycles. The first-order valence-corrected chi connectivity index (χ1v) is 9.03. The van der Waals surface area contributed by atoms with Crippen LogP contribution in [0.2, 0.25) is 0 Å². The third kappa shape index (κ3) is 4.43. The number of carbonyl (C=O) groups is 1. The van der Waals surface area contributed by atoms with Crippen LogP contribution in [0.1, 0.15) is 25.7 Å². The quantitative estimate of drug-likeness (QED) is 0.770. The first kappa shape index (κ1) is 17.7. The van der Waals surface area contributed by atoms with Crippen molar-refractivity contribution in [1.82, 2.24) is 9.62 Å². The summed E-state index contributed by atoms with van der Waals surface area (Å²) in [5.74, 6) is 0. The second-order valence-electron chi connectivity index (χ2n) is 5.87. The smallest absolute Gasteiger partial charge is 0.319 e. The maximum absolute atomic E-state index is 12.0. The maximum atomic E-state index is 12.0. The summed E-state index contributed by atoms with van der Waals surface area (Å²) in [7, 11) is -0.555. The Morgan fingerprint density at radius 3 is 2.35 bits per heavy atom. The van der Waals surface area contributed by atoms with Gasteiger partial charge < -0.3 is 15.7 Å². The first-order valence-electron chi connectivity index (χ1n) is 7.59. The number of amides is 2. The van der Waals surface area contributed by atoms with Crippen molar-refractivity contribution in [2.45, 2.75) is 42.7 Å². The highest BCUT2D eigenvalue weighted by atomic mass is 32.2. The number of carbonyl (C=O) groups excluding carboxylic acids is 1. The minimum absolute atomic E-state index is 0.163. The van der Waals surface area contributed by atoms with Gasteiger partial charge in [-0.15, -0.1) is 0 Å². The summed E-state index contributed by atoms with van der Waals surface area (Å²) in [5.41, 5.74) is 0.491. The zero-order chi connectivity index (χ0) is 17.0. The molecule has 2 rings (SSSR count). The van der Waals surface area contributed by atoms with Gasteiger partial charge >= 0.3 is 6.03 Å². The number of anilines is 1. The number of hydrogen-bond acceptors (Lipinski definition) is 4. The summed E-state index contributed by atoms with van der Waals surface area (Å²) in [6, 6.07) is 5.32. The van der Waals surface area contributed by atoms with Gasteiger partial charge in [-0.05, 0) is 37.1 Å². The molecular formula is C15H23N3O4S. The molecule has 1 aliphatic carbocycles. The summed E-state index contributed by atoms with van der Waals surface area (Å²) in [6.07, 6.45) is 2.90. The summed E-state index contributed by atoms with van der Waals surface area (Å²) < 4.78 is 25.1. The van der Waals surface area contributed by atoms with Crippen LogP contribution < -0.4 is 10.6 Å². The van der Waals surface area contributed by atoms with Crippen LogP contribution >= 0.6 is 0 Å². The standard InChI is InChI=1S/C15H23N3O4S/c1-18(2)23(21,22)12-9-7-11(8-10-12)16-15(20)17-13-5-3-4-6-14(13)19/h7-10,13-14,19H,3-6H2,1-2H3,(H2,16,17,20)/t13-,14-/m0/s1. The molecule has 0 heterocycles. The molecule has 1 aliphatic rings. The van der Waals surface area contributed by atoms with Crippen LogP contribution in [-0.4, -0.2) is 50.1 Å². The lowest BCUT2D eigenvalue weighted by atomic mass is 9.93. The van der Waals surface area contributed by atoms with E-state index in [0.29, 0.717) is 12.1 Å². The number of aliphatic hydroxyl groups excluding tert-OH is 1. The Kier molecular flexibility index (Phi) is 5.61. The van der Waals surface area contributed by atoms with E-state index in [1.165, 1.54) is 38.4 Å². The van der Waals surface area contributed by atoms with Crippen molar-refractivity contribution in [1.29, 1.82) is 0 Å². The van der Waals surface area contributed by atoms with Crippen molar-refractivity contribution >= 4 is 21.7 Å². The Labute approximate surface area is 136 Å². The lowest BCUT2D eigenvalue weighted by Gasteiger charge is -2.28. The topological polar surface area (TPSA) is 98.7 Å². The van der Waals surface area contributed by atoms with Crippen molar-refractivity contribution in [3.8, 4) is 0 Å². The number of nitrogens with one attached hydrogen (secondary N) is 2. The van der Waals surface area contributed by atoms with Crippen molar-refractivity contribution in [2.75, 3.05) is 19.4 Å². The van der Waals surface area contributed by atoms with Gasteiger partial charge in [0.05, 0.1) is 17.0 Å². The maximum Gasteiger partial charge on any atom is 0.319 e. The molecule has 2 atom stereocenters. The van der Waals surface area contributed by atoms with E-state index in [9.17, 15) is 18.3 Å². The fraction of sp³-hybridized carbons (Fsp3) is 0.533. The molecule has 0 aromatic heterocycles. The number of nitrogens with zero attached hydrogens (tertiary/aromatic N) is 1. The van der Waals surface area contributed by atoms with E-state index < -0.39 is 22.2 Å². The Hall–Kier alpha value is -1.64. The van der Waals surface area contributed by atoms with Gasteiger partial charge in [0.15, 0.2) is 0 Å². The molecule has 128 valence electrons. The molecule has 1 saturated carbocycles. The highest BCUT2D eigenvalue weighted by Crippen LogP contribution is 2.19. The average Bonchev–Trinajstić information content (AvgIpc) is 2.50. The van der Waals surface area contributed by atoms with Gasteiger partial charge in [0.25, 0.3) is 0 Å². The van der Waals surface area contributed by atoms with Gasteiger partial charge in [0, 0.05) is 19.8 Å². The molecule has 0 bridgehead atoms. The van der Waals surface area contributed by atoms with Gasteiger partial charge in [0.2, 0.25) is 10.0 Å². The van der Waals surface area contributed by atoms with Gasteiger partial charge in [-0.25, -0.2) is 17.5 Å². The van der Waals surface area contributed by atoms with Crippen LogP contribution in [0, 0.1) is 0 Å². The normalized spacial score (nSPS) is 21.9. The van der Waals surface area contributed by atoms with Crippen LogP contribution in [0.4, 0.5) is 10.5 Å². The highest BCUT2D eigenvalue weighted by Gasteiger charge is 2.24. The molecule has 23 heavy (non-hydrogen) atoms. The molecular weight excluding hydrogens is 318 g/mol. The van der Waals surface area contributed by atoms with E-state index >= 15 is 0 Å². The zero-order valence-electron chi connectivity index (χ0n) is 13.3. The van der Waals surface area contributed by atoms with Crippen molar-refractivity contribution < 1.29 is 18.3 Å². The number of hydrogen-bond donors (Lipinski definition) is 3. The van der Waals surface area contributed by atoms with Gasteiger partial charge in [-0.3, -0.25) is 0 Å². The van der Waals surface area contributed by atoms with Crippen molar-refractivity contribution in [3.05, 3.63) is 24.3 Å². The monoisotopic (exact) mass is 341 g/mol. The third-order valence-electron chi connectivity index (χ3n) is 3.94. The van der Waals surface area contributed by atoms with Crippen LogP contribution in [0.5, 0.6) is 0 Å². The second-order valence-corrected chi connectivity index (χ2v) is 8.02. The molecule has 0 saturated heterocycles. The second kappa shape index (κ2) is 7.29. The molecule has 7 nitrogen and oxygen atoms in total. The molecule has 2 amide bonds. The van der Waals surface area contributed by atoms with E-state index in [4.69, 9.17) is 0 Å². The fourth-order valence-corrected chi connectivity index (χ4v) is 3.44. The Balaban J connectivity index is 1.97. The Bertz CT molecular complexity index is 643. The lowest BCUT2D eigenvalue weighted by molar-refractivity contribution is 0.0955. The average molecular weight is 341 g/mol. The van der Waals surface area contributed by atoms with Gasteiger partial charge in [0.1, 0.15) is 0 Å². The summed E-state index contributed by atoms with van der Waals surface area (Å²) >= 11 is 0. The molecule has 1 aromatic rings. The van der Waals surface area contributed by atoms with Crippen molar-refractivity contribution in [3.63, 3.8) is 0 Å². The number of benzene rings is 1. The van der Waals surface area contributed by atoms with Crippen LogP contribution in [0.25, 0.3) is 0 Å². The summed E-state index contributed by atoms with van der Waals surface area (Å²) in [5, 5.41) is 15.2. The minimum atomic E-state index is -3.48. The van der Waals surface area contributed by atoms with E-state index in [1.54, 1.807) is 0 Å². The van der Waals surface area contributed by atoms with E-state index in [-0.39, 0.29) is 10.9 Å². The molecule has 0 radical (unpaired) electrons. The van der Waals surface area contributed by atoms with Crippen LogP contribution in [0.3, 0.4) is 0 Å². The summed E-state index contributed by atoms with van der Waals surface area (Å²) in [4.78, 5) is 12.1. The number of urea groups is 1. The highest BCUT2D eigenvalue weighted by molar-refractivity contribution is 7.89. The van der Waals surface area contributed by atoms with Crippen molar-refractivity contribution in [2.24, 2.45) is 0 Å². The lowest BCUT2D eigenvalue weighted by Crippen LogP contribution is -2.46. The number of aliphatic hydroxyl groups is 1. The SMILES string of the molecule is CN(C)S(=O)(=O)c1ccc(NC(=O)N[C@H]2CCCC[C@@H]2O)cc1. The molecule has 1 fully saturated rings. The van der Waals surface area contributed by atoms with Crippen LogP contribution in [0.15, 0.2) is 29.2 Å². The minimum Gasteiger partial charge on any atom is -0.391 e. The number of sulfonamides is 1. The third-order valence-corrected chi connectivity index (χ3v) is 5.77. The van der Waals surface area contributed by atoms with E-state index in [0.717, 1.165) is 23.6 Å². The number of rotatable bonds is 4. The van der Waals surface area contributed by atoms with E-state index in [2.05, 4.69) is 10.6 Å². The Morgan fingerprint density at radius 2 is 1.78 bits per heavy atom. The zero-order valence-corrected chi connectivity index (χ0v) is 14.1. The molecule has 0 unspecified atom stereocenters. The molecule has 0 spiro atoms. The van der Waals surface area contributed by atoms with Gasteiger partial charge in [-0.2, -0.15) is 0 Å². The van der Waals surface area contributed by atoms with Gasteiger partial charge in [-0.1, -0.05) is 12.8 Å². The largest absolute Gasteiger partial charge is 0.391 e. The molecule has 3 N–H and O–H groups in total. The molecule has 8 heteroatoms. The molecule has 1 aromatic carbocycles. The predicted molar refractivity (Wildman–Crippen MR) is 87.7 cm³/mol. The fourth-order valence-electron chi connectivity index (χ4n) is 2.54.